The van der Waals surface area contributed by atoms with Gasteiger partial charge in [0.05, 0.1) is 6.07 Å². The molecule has 2 N–H and O–H groups in total. The van der Waals surface area contributed by atoms with Gasteiger partial charge in [-0.1, -0.05) is 20.3 Å². The zero-order valence-electron chi connectivity index (χ0n) is 11.6. The van der Waals surface area contributed by atoms with Crippen LogP contribution in [0.4, 0.5) is 0 Å². The molecule has 2 unspecified atom stereocenters. The van der Waals surface area contributed by atoms with Gasteiger partial charge >= 0.3 is 0 Å². The molecule has 0 aromatic rings. The van der Waals surface area contributed by atoms with Gasteiger partial charge in [0.2, 0.25) is 0 Å². The van der Waals surface area contributed by atoms with Gasteiger partial charge < -0.3 is 5.73 Å². The lowest BCUT2D eigenvalue weighted by Gasteiger charge is -2.34. The van der Waals surface area contributed by atoms with Crippen LogP contribution in [-0.2, 0) is 0 Å². The molecule has 1 aliphatic carbocycles. The molecule has 0 aliphatic heterocycles. The first kappa shape index (κ1) is 14.5. The summed E-state index contributed by atoms with van der Waals surface area (Å²) in [7, 11) is 0. The Hall–Kier alpha value is -0.590. The predicted octanol–water partition coefficient (Wildman–Crippen LogP) is 2.52. The standard InChI is InChI=1S/C14H27N3/c1-4-6-9-17(12(3)5-2)11-14(16,10-15)13-7-8-13/h12-13H,4-9,11,16H2,1-3H3. The van der Waals surface area contributed by atoms with E-state index < -0.39 is 5.54 Å². The lowest BCUT2D eigenvalue weighted by molar-refractivity contribution is 0.164. The van der Waals surface area contributed by atoms with Crippen molar-refractivity contribution in [1.29, 1.82) is 5.26 Å². The van der Waals surface area contributed by atoms with Crippen LogP contribution in [0.5, 0.6) is 0 Å². The summed E-state index contributed by atoms with van der Waals surface area (Å²) >= 11 is 0. The second kappa shape index (κ2) is 6.37. The van der Waals surface area contributed by atoms with E-state index >= 15 is 0 Å². The van der Waals surface area contributed by atoms with Crippen LogP contribution < -0.4 is 5.73 Å². The molecule has 1 fully saturated rings. The molecule has 1 rings (SSSR count). The van der Waals surface area contributed by atoms with Crippen LogP contribution in [-0.4, -0.2) is 29.6 Å². The van der Waals surface area contributed by atoms with Crippen molar-refractivity contribution in [3.63, 3.8) is 0 Å². The number of nitrogens with zero attached hydrogens (tertiary/aromatic N) is 2. The van der Waals surface area contributed by atoms with Gasteiger partial charge in [-0.05, 0) is 45.1 Å². The van der Waals surface area contributed by atoms with Crippen molar-refractivity contribution in [3.8, 4) is 6.07 Å². The Morgan fingerprint density at radius 3 is 2.53 bits per heavy atom. The first-order valence-electron chi connectivity index (χ1n) is 7.01. The topological polar surface area (TPSA) is 53.0 Å². The van der Waals surface area contributed by atoms with Gasteiger partial charge in [0.15, 0.2) is 0 Å². The van der Waals surface area contributed by atoms with Gasteiger partial charge in [0.1, 0.15) is 5.54 Å². The van der Waals surface area contributed by atoms with E-state index in [9.17, 15) is 5.26 Å². The van der Waals surface area contributed by atoms with E-state index in [-0.39, 0.29) is 0 Å². The minimum absolute atomic E-state index is 0.431. The van der Waals surface area contributed by atoms with E-state index in [0.717, 1.165) is 32.4 Å². The normalized spacial score (nSPS) is 20.9. The van der Waals surface area contributed by atoms with Crippen LogP contribution >= 0.6 is 0 Å². The number of nitrogens with two attached hydrogens (primary N) is 1. The molecule has 2 atom stereocenters. The highest BCUT2D eigenvalue weighted by atomic mass is 15.2. The van der Waals surface area contributed by atoms with Crippen molar-refractivity contribution in [2.24, 2.45) is 11.7 Å². The van der Waals surface area contributed by atoms with Crippen LogP contribution in [0.3, 0.4) is 0 Å². The monoisotopic (exact) mass is 237 g/mol. The van der Waals surface area contributed by atoms with Crippen LogP contribution in [0.2, 0.25) is 0 Å². The van der Waals surface area contributed by atoms with Gasteiger partial charge in [-0.2, -0.15) is 5.26 Å². The second-order valence-corrected chi connectivity index (χ2v) is 5.51. The van der Waals surface area contributed by atoms with Gasteiger partial charge in [0.25, 0.3) is 0 Å². The van der Waals surface area contributed by atoms with Crippen molar-refractivity contribution in [2.75, 3.05) is 13.1 Å². The fraction of sp³-hybridized carbons (Fsp3) is 0.929. The van der Waals surface area contributed by atoms with Gasteiger partial charge in [-0.3, -0.25) is 4.90 Å². The van der Waals surface area contributed by atoms with E-state index in [1.165, 1.54) is 12.8 Å². The number of nitriles is 1. The van der Waals surface area contributed by atoms with E-state index in [1.807, 2.05) is 0 Å². The van der Waals surface area contributed by atoms with E-state index in [4.69, 9.17) is 5.73 Å². The predicted molar refractivity (Wildman–Crippen MR) is 71.5 cm³/mol. The number of rotatable bonds is 8. The molecule has 0 spiro atoms. The van der Waals surface area contributed by atoms with Crippen molar-refractivity contribution in [1.82, 2.24) is 4.90 Å². The summed E-state index contributed by atoms with van der Waals surface area (Å²) in [4.78, 5) is 2.41. The van der Waals surface area contributed by atoms with Crippen molar-refractivity contribution in [3.05, 3.63) is 0 Å². The Kier molecular flexibility index (Phi) is 5.42. The van der Waals surface area contributed by atoms with Crippen molar-refractivity contribution < 1.29 is 0 Å². The van der Waals surface area contributed by atoms with Gasteiger partial charge in [-0.25, -0.2) is 0 Å². The highest BCUT2D eigenvalue weighted by molar-refractivity contribution is 5.14. The molecule has 0 aromatic heterocycles. The molecule has 0 aromatic carbocycles. The van der Waals surface area contributed by atoms with E-state index in [0.29, 0.717) is 12.0 Å². The smallest absolute Gasteiger partial charge is 0.119 e. The Bertz CT molecular complexity index is 267. The molecule has 1 aliphatic rings. The Labute approximate surface area is 106 Å². The minimum atomic E-state index is -0.614. The Balaban J connectivity index is 2.60. The Morgan fingerprint density at radius 2 is 2.12 bits per heavy atom. The zero-order chi connectivity index (χ0) is 12.9. The lowest BCUT2D eigenvalue weighted by Crippen LogP contribution is -2.53. The molecule has 0 amide bonds. The Morgan fingerprint density at radius 1 is 1.47 bits per heavy atom. The number of hydrogen-bond donors (Lipinski definition) is 1. The molecule has 3 heteroatoms. The van der Waals surface area contributed by atoms with Crippen LogP contribution in [0.1, 0.15) is 52.9 Å². The molecule has 1 saturated carbocycles. The largest absolute Gasteiger partial charge is 0.312 e. The van der Waals surface area contributed by atoms with Gasteiger partial charge in [-0.15, -0.1) is 0 Å². The highest BCUT2D eigenvalue weighted by Gasteiger charge is 2.44. The lowest BCUT2D eigenvalue weighted by atomic mass is 9.94. The highest BCUT2D eigenvalue weighted by Crippen LogP contribution is 2.38. The fourth-order valence-electron chi connectivity index (χ4n) is 2.26. The molecule has 98 valence electrons. The molecule has 0 radical (unpaired) electrons. The minimum Gasteiger partial charge on any atom is -0.312 e. The maximum Gasteiger partial charge on any atom is 0.119 e. The van der Waals surface area contributed by atoms with Crippen molar-refractivity contribution in [2.45, 2.75) is 64.5 Å². The average Bonchev–Trinajstić information content (AvgIpc) is 3.17. The van der Waals surface area contributed by atoms with Gasteiger partial charge in [0, 0.05) is 12.6 Å². The molecule has 3 nitrogen and oxygen atoms in total. The molecule has 0 saturated heterocycles. The number of hydrogen-bond acceptors (Lipinski definition) is 3. The maximum absolute atomic E-state index is 9.32. The van der Waals surface area contributed by atoms with E-state index in [2.05, 4.69) is 31.7 Å². The molecule has 0 bridgehead atoms. The summed E-state index contributed by atoms with van der Waals surface area (Å²) in [6, 6.07) is 2.89. The molecular weight excluding hydrogens is 210 g/mol. The summed E-state index contributed by atoms with van der Waals surface area (Å²) in [6.07, 6.45) is 5.77. The molecule has 17 heavy (non-hydrogen) atoms. The molecular formula is C14H27N3. The summed E-state index contributed by atoms with van der Waals surface area (Å²) < 4.78 is 0. The number of unbranched alkanes of at least 4 members (excludes halogenated alkanes) is 1. The van der Waals surface area contributed by atoms with E-state index in [1.54, 1.807) is 0 Å². The fourth-order valence-corrected chi connectivity index (χ4v) is 2.26. The average molecular weight is 237 g/mol. The quantitative estimate of drug-likeness (QED) is 0.705. The third-order valence-corrected chi connectivity index (χ3v) is 3.99. The second-order valence-electron chi connectivity index (χ2n) is 5.51. The van der Waals surface area contributed by atoms with Crippen LogP contribution in [0.25, 0.3) is 0 Å². The van der Waals surface area contributed by atoms with Crippen LogP contribution in [0, 0.1) is 17.2 Å². The SMILES string of the molecule is CCCCN(CC(N)(C#N)C1CC1)C(C)CC. The summed E-state index contributed by atoms with van der Waals surface area (Å²) in [5.41, 5.74) is 5.65. The zero-order valence-corrected chi connectivity index (χ0v) is 11.6. The van der Waals surface area contributed by atoms with Crippen LogP contribution in [0.15, 0.2) is 0 Å². The summed E-state index contributed by atoms with van der Waals surface area (Å²) in [6.45, 7) is 8.45. The first-order valence-corrected chi connectivity index (χ1v) is 7.01. The first-order chi connectivity index (χ1) is 8.07. The molecule has 0 heterocycles. The summed E-state index contributed by atoms with van der Waals surface area (Å²) in [5, 5.41) is 9.32. The third-order valence-electron chi connectivity index (χ3n) is 3.99. The third kappa shape index (κ3) is 3.97. The summed E-state index contributed by atoms with van der Waals surface area (Å²) in [5.74, 6) is 0.431. The van der Waals surface area contributed by atoms with Crippen molar-refractivity contribution >= 4 is 0 Å². The maximum atomic E-state index is 9.32.